The van der Waals surface area contributed by atoms with Gasteiger partial charge in [0.15, 0.2) is 0 Å². The molecule has 8 nitrogen and oxygen atoms in total. The molecule has 2 aromatic carbocycles. The van der Waals surface area contributed by atoms with Gasteiger partial charge in [-0.1, -0.05) is 18.2 Å². The van der Waals surface area contributed by atoms with Crippen molar-refractivity contribution in [1.29, 1.82) is 0 Å². The highest BCUT2D eigenvalue weighted by atomic mass is 32.2. The first-order valence-electron chi connectivity index (χ1n) is 10.6. The van der Waals surface area contributed by atoms with Crippen LogP contribution in [-0.2, 0) is 27.4 Å². The van der Waals surface area contributed by atoms with Gasteiger partial charge in [-0.2, -0.15) is 17.5 Å². The lowest BCUT2D eigenvalue weighted by Gasteiger charge is -2.30. The van der Waals surface area contributed by atoms with Gasteiger partial charge in [0.25, 0.3) is 5.69 Å². The summed E-state index contributed by atoms with van der Waals surface area (Å²) in [7, 11) is -3.95. The number of amides is 1. The Kier molecular flexibility index (Phi) is 7.61. The molecule has 0 radical (unpaired) electrons. The number of piperidine rings is 1. The highest BCUT2D eigenvalue weighted by Crippen LogP contribution is 2.30. The van der Waals surface area contributed by atoms with E-state index in [1.54, 1.807) is 6.92 Å². The van der Waals surface area contributed by atoms with Crippen molar-refractivity contribution < 1.29 is 31.3 Å². The number of nitro benzene ring substituents is 1. The van der Waals surface area contributed by atoms with Crippen LogP contribution in [0.15, 0.2) is 47.4 Å². The van der Waals surface area contributed by atoms with E-state index in [0.29, 0.717) is 30.4 Å². The maximum Gasteiger partial charge on any atom is 0.416 e. The van der Waals surface area contributed by atoms with Gasteiger partial charge in [-0.15, -0.1) is 0 Å². The number of halogens is 3. The van der Waals surface area contributed by atoms with Gasteiger partial charge in [-0.25, -0.2) is 8.42 Å². The van der Waals surface area contributed by atoms with Gasteiger partial charge in [0, 0.05) is 37.7 Å². The zero-order valence-electron chi connectivity index (χ0n) is 18.3. The van der Waals surface area contributed by atoms with Crippen LogP contribution in [0, 0.1) is 23.0 Å². The van der Waals surface area contributed by atoms with Crippen molar-refractivity contribution in [3.63, 3.8) is 0 Å². The first-order chi connectivity index (χ1) is 15.9. The molecule has 184 valence electrons. The molecule has 1 heterocycles. The second-order valence-electron chi connectivity index (χ2n) is 8.12. The van der Waals surface area contributed by atoms with Crippen LogP contribution >= 0.6 is 0 Å². The van der Waals surface area contributed by atoms with Crippen molar-refractivity contribution in [3.8, 4) is 0 Å². The van der Waals surface area contributed by atoms with Crippen LogP contribution in [0.4, 0.5) is 18.9 Å². The molecule has 12 heteroatoms. The summed E-state index contributed by atoms with van der Waals surface area (Å²) in [6, 6.07) is 8.41. The Morgan fingerprint density at radius 1 is 1.15 bits per heavy atom. The van der Waals surface area contributed by atoms with E-state index in [2.05, 4.69) is 5.32 Å². The van der Waals surface area contributed by atoms with Crippen LogP contribution in [-0.4, -0.2) is 43.2 Å². The Bertz CT molecular complexity index is 1160. The van der Waals surface area contributed by atoms with Gasteiger partial charge < -0.3 is 5.32 Å². The van der Waals surface area contributed by atoms with E-state index in [0.717, 1.165) is 18.2 Å². The van der Waals surface area contributed by atoms with Crippen molar-refractivity contribution in [2.24, 2.45) is 5.92 Å². The zero-order valence-corrected chi connectivity index (χ0v) is 19.2. The number of rotatable bonds is 7. The molecule has 0 unspecified atom stereocenters. The number of non-ortho nitro benzene ring substituents is 1. The molecule has 0 atom stereocenters. The maximum atomic E-state index is 13.0. The number of hydrogen-bond donors (Lipinski definition) is 1. The smallest absolute Gasteiger partial charge is 0.356 e. The second-order valence-corrected chi connectivity index (χ2v) is 10.0. The van der Waals surface area contributed by atoms with Crippen LogP contribution in [0.3, 0.4) is 0 Å². The van der Waals surface area contributed by atoms with Gasteiger partial charge in [-0.3, -0.25) is 14.9 Å². The Morgan fingerprint density at radius 3 is 2.32 bits per heavy atom. The molecule has 1 aliphatic heterocycles. The average Bonchev–Trinajstić information content (AvgIpc) is 2.79. The van der Waals surface area contributed by atoms with E-state index in [9.17, 15) is 36.5 Å². The molecule has 1 aliphatic rings. The number of carbonyl (C=O) groups is 1. The Morgan fingerprint density at radius 2 is 1.76 bits per heavy atom. The topological polar surface area (TPSA) is 110 Å². The first kappa shape index (κ1) is 25.6. The molecule has 0 bridgehead atoms. The number of carbonyl (C=O) groups excluding carboxylic acids is 1. The standard InChI is InChI=1S/C22H24F3N3O5S/c1-15-2-7-19(28(30)31)14-20(15)34(32,33)27-12-9-17(10-13-27)21(29)26-11-8-16-3-5-18(6-4-16)22(23,24)25/h2-7,14,17H,8-13H2,1H3,(H,26,29). The number of benzene rings is 2. The number of nitrogens with zero attached hydrogens (tertiary/aromatic N) is 2. The van der Waals surface area contributed by atoms with Crippen molar-refractivity contribution in [1.82, 2.24) is 9.62 Å². The molecule has 0 aliphatic carbocycles. The van der Waals surface area contributed by atoms with Crippen LogP contribution in [0.2, 0.25) is 0 Å². The molecule has 1 fully saturated rings. The molecule has 1 N–H and O–H groups in total. The van der Waals surface area contributed by atoms with Gasteiger partial charge in [0.2, 0.25) is 15.9 Å². The minimum absolute atomic E-state index is 0.0987. The molecule has 0 spiro atoms. The summed E-state index contributed by atoms with van der Waals surface area (Å²) in [5.41, 5.74) is 0.00375. The number of nitrogens with one attached hydrogen (secondary N) is 1. The minimum atomic E-state index is -4.40. The predicted octanol–water partition coefficient (Wildman–Crippen LogP) is 3.68. The van der Waals surface area contributed by atoms with Crippen molar-refractivity contribution >= 4 is 21.6 Å². The summed E-state index contributed by atoms with van der Waals surface area (Å²) in [6.45, 7) is 2.01. The fourth-order valence-corrected chi connectivity index (χ4v) is 5.53. The molecule has 2 aromatic rings. The minimum Gasteiger partial charge on any atom is -0.356 e. The Balaban J connectivity index is 1.53. The van der Waals surface area contributed by atoms with E-state index >= 15 is 0 Å². The number of sulfonamides is 1. The summed E-state index contributed by atoms with van der Waals surface area (Å²) in [5, 5.41) is 13.8. The Labute approximate surface area is 195 Å². The lowest BCUT2D eigenvalue weighted by atomic mass is 9.97. The fourth-order valence-electron chi connectivity index (χ4n) is 3.81. The number of nitro groups is 1. The quantitative estimate of drug-likeness (QED) is 0.462. The third kappa shape index (κ3) is 5.92. The summed E-state index contributed by atoms with van der Waals surface area (Å²) in [5.74, 6) is -0.638. The molecule has 3 rings (SSSR count). The van der Waals surface area contributed by atoms with Gasteiger partial charge >= 0.3 is 6.18 Å². The van der Waals surface area contributed by atoms with Gasteiger partial charge in [0.05, 0.1) is 15.4 Å². The molecule has 0 saturated carbocycles. The fraction of sp³-hybridized carbons (Fsp3) is 0.409. The summed E-state index contributed by atoms with van der Waals surface area (Å²) in [6.07, 6.45) is -3.45. The Hall–Kier alpha value is -2.99. The van der Waals surface area contributed by atoms with Gasteiger partial charge in [-0.05, 0) is 49.4 Å². The number of hydrogen-bond acceptors (Lipinski definition) is 5. The molecule has 34 heavy (non-hydrogen) atoms. The lowest BCUT2D eigenvalue weighted by Crippen LogP contribution is -2.43. The van der Waals surface area contributed by atoms with Crippen LogP contribution in [0.5, 0.6) is 0 Å². The first-order valence-corrected chi connectivity index (χ1v) is 12.0. The van der Waals surface area contributed by atoms with E-state index in [4.69, 9.17) is 0 Å². The normalized spacial score (nSPS) is 15.8. The average molecular weight is 500 g/mol. The van der Waals surface area contributed by atoms with E-state index in [1.807, 2.05) is 0 Å². The third-order valence-corrected chi connectivity index (χ3v) is 7.86. The van der Waals surface area contributed by atoms with Gasteiger partial charge in [0.1, 0.15) is 0 Å². The highest BCUT2D eigenvalue weighted by Gasteiger charge is 2.33. The van der Waals surface area contributed by atoms with E-state index in [-0.39, 0.29) is 36.1 Å². The summed E-state index contributed by atoms with van der Waals surface area (Å²) < 4.78 is 65.1. The monoisotopic (exact) mass is 499 g/mol. The molecule has 0 aromatic heterocycles. The molecular weight excluding hydrogens is 475 g/mol. The lowest BCUT2D eigenvalue weighted by molar-refractivity contribution is -0.385. The van der Waals surface area contributed by atoms with Crippen molar-refractivity contribution in [3.05, 3.63) is 69.3 Å². The zero-order chi connectivity index (χ0) is 25.1. The van der Waals surface area contributed by atoms with Crippen LogP contribution < -0.4 is 5.32 Å². The SMILES string of the molecule is Cc1ccc([N+](=O)[O-])cc1S(=O)(=O)N1CCC(C(=O)NCCc2ccc(C(F)(F)F)cc2)CC1. The molecular formula is C22H24F3N3O5S. The second kappa shape index (κ2) is 10.1. The molecule has 1 saturated heterocycles. The summed E-state index contributed by atoms with van der Waals surface area (Å²) in [4.78, 5) is 22.7. The predicted molar refractivity (Wildman–Crippen MR) is 117 cm³/mol. The van der Waals surface area contributed by atoms with Crippen molar-refractivity contribution in [2.45, 2.75) is 37.3 Å². The molecule has 1 amide bonds. The number of aryl methyl sites for hydroxylation is 1. The van der Waals surface area contributed by atoms with Crippen molar-refractivity contribution in [2.75, 3.05) is 19.6 Å². The highest BCUT2D eigenvalue weighted by molar-refractivity contribution is 7.89. The number of alkyl halides is 3. The van der Waals surface area contributed by atoms with E-state index in [1.165, 1.54) is 28.6 Å². The van der Waals surface area contributed by atoms with Crippen LogP contribution in [0.25, 0.3) is 0 Å². The summed E-state index contributed by atoms with van der Waals surface area (Å²) >= 11 is 0. The van der Waals surface area contributed by atoms with Crippen LogP contribution in [0.1, 0.15) is 29.5 Å². The van der Waals surface area contributed by atoms with E-state index < -0.39 is 32.6 Å². The maximum absolute atomic E-state index is 13.0. The largest absolute Gasteiger partial charge is 0.416 e. The third-order valence-electron chi connectivity index (χ3n) is 5.82.